The molecule has 2 aromatic carbocycles. The average Bonchev–Trinajstić information content (AvgIpc) is 2.63. The van der Waals surface area contributed by atoms with Crippen molar-refractivity contribution >= 4 is 51.2 Å². The highest BCUT2D eigenvalue weighted by Gasteiger charge is 2.22. The number of thioether (sulfide) groups is 1. The number of nitrogens with zero attached hydrogens (tertiary/aromatic N) is 2. The monoisotopic (exact) mass is 453 g/mol. The zero-order valence-electron chi connectivity index (χ0n) is 15.6. The van der Waals surface area contributed by atoms with Gasteiger partial charge < -0.3 is 4.74 Å². The Balaban J connectivity index is 1.62. The van der Waals surface area contributed by atoms with Crippen LogP contribution in [0.5, 0.6) is 5.75 Å². The van der Waals surface area contributed by atoms with Crippen LogP contribution in [0.25, 0.3) is 0 Å². The molecule has 0 atom stereocenters. The van der Waals surface area contributed by atoms with E-state index in [1.165, 1.54) is 12.3 Å². The molecule has 0 saturated carbocycles. The number of halogens is 1. The second kappa shape index (κ2) is 9.51. The molecule has 1 saturated heterocycles. The van der Waals surface area contributed by atoms with Crippen molar-refractivity contribution in [2.45, 2.75) is 6.10 Å². The molecule has 3 rings (SSSR count). The fourth-order valence-corrected chi connectivity index (χ4v) is 4.24. The maximum atomic E-state index is 12.2. The lowest BCUT2D eigenvalue weighted by molar-refractivity contribution is -0.119. The number of carbonyl (C=O) groups excluding carboxylic acids is 1. The van der Waals surface area contributed by atoms with Gasteiger partial charge >= 0.3 is 0 Å². The van der Waals surface area contributed by atoms with Crippen molar-refractivity contribution < 1.29 is 17.9 Å². The van der Waals surface area contributed by atoms with Crippen LogP contribution < -0.4 is 14.5 Å². The lowest BCUT2D eigenvalue weighted by Gasteiger charge is -2.25. The van der Waals surface area contributed by atoms with Crippen LogP contribution in [0.15, 0.2) is 53.6 Å². The lowest BCUT2D eigenvalue weighted by atomic mass is 10.2. The summed E-state index contributed by atoms with van der Waals surface area (Å²) in [4.78, 5) is 12.2. The van der Waals surface area contributed by atoms with E-state index in [0.717, 1.165) is 33.4 Å². The Morgan fingerprint density at radius 1 is 1.31 bits per heavy atom. The Morgan fingerprint density at radius 3 is 2.72 bits per heavy atom. The molecule has 0 bridgehead atoms. The molecule has 1 amide bonds. The van der Waals surface area contributed by atoms with Gasteiger partial charge in [-0.1, -0.05) is 35.9 Å². The molecule has 1 heterocycles. The lowest BCUT2D eigenvalue weighted by Crippen LogP contribution is -2.39. The fourth-order valence-electron chi connectivity index (χ4n) is 2.52. The topological polar surface area (TPSA) is 88.1 Å². The molecule has 7 nitrogen and oxygen atoms in total. The van der Waals surface area contributed by atoms with Crippen molar-refractivity contribution in [1.29, 1.82) is 0 Å². The number of benzene rings is 2. The SMILES string of the molecule is CS(=O)(=O)N(CC(=O)N/N=C/c1cccc(OC2CSC2)c1)c1ccccc1Cl. The summed E-state index contributed by atoms with van der Waals surface area (Å²) < 4.78 is 31.0. The smallest absolute Gasteiger partial charge is 0.260 e. The minimum atomic E-state index is -3.71. The molecule has 2 aromatic rings. The number of anilines is 1. The molecule has 0 radical (unpaired) electrons. The summed E-state index contributed by atoms with van der Waals surface area (Å²) in [5.74, 6) is 2.12. The number of hydrazone groups is 1. The summed E-state index contributed by atoms with van der Waals surface area (Å²) in [7, 11) is -3.71. The Kier molecular flexibility index (Phi) is 7.05. The third kappa shape index (κ3) is 6.12. The van der Waals surface area contributed by atoms with E-state index in [1.54, 1.807) is 18.2 Å². The normalized spacial score (nSPS) is 14.4. The molecule has 0 aromatic heterocycles. The van der Waals surface area contributed by atoms with E-state index < -0.39 is 22.5 Å². The number of nitrogens with one attached hydrogen (secondary N) is 1. The van der Waals surface area contributed by atoms with Gasteiger partial charge in [-0.15, -0.1) is 0 Å². The van der Waals surface area contributed by atoms with Crippen LogP contribution in [0.1, 0.15) is 5.56 Å². The molecule has 10 heteroatoms. The zero-order valence-corrected chi connectivity index (χ0v) is 18.0. The molecule has 1 aliphatic rings. The first-order valence-electron chi connectivity index (χ1n) is 8.71. The Bertz CT molecular complexity index is 1010. The number of carbonyl (C=O) groups is 1. The van der Waals surface area contributed by atoms with Crippen molar-refractivity contribution in [3.05, 3.63) is 59.1 Å². The first kappa shape index (κ1) is 21.5. The van der Waals surface area contributed by atoms with E-state index >= 15 is 0 Å². The van der Waals surface area contributed by atoms with E-state index in [-0.39, 0.29) is 16.8 Å². The molecular weight excluding hydrogens is 434 g/mol. The molecule has 1 N–H and O–H groups in total. The van der Waals surface area contributed by atoms with Crippen LogP contribution in [0, 0.1) is 0 Å². The number of amides is 1. The molecule has 0 unspecified atom stereocenters. The highest BCUT2D eigenvalue weighted by atomic mass is 35.5. The predicted octanol–water partition coefficient (Wildman–Crippen LogP) is 2.75. The third-order valence-corrected chi connectivity index (χ3v) is 6.64. The maximum Gasteiger partial charge on any atom is 0.260 e. The average molecular weight is 454 g/mol. The Hall–Kier alpha value is -2.23. The van der Waals surface area contributed by atoms with Gasteiger partial charge in [0, 0.05) is 11.5 Å². The van der Waals surface area contributed by atoms with E-state index in [2.05, 4.69) is 10.5 Å². The van der Waals surface area contributed by atoms with Gasteiger partial charge in [-0.25, -0.2) is 13.8 Å². The Morgan fingerprint density at radius 2 is 2.07 bits per heavy atom. The van der Waals surface area contributed by atoms with Crippen LogP contribution in [0.4, 0.5) is 5.69 Å². The van der Waals surface area contributed by atoms with Crippen molar-refractivity contribution in [3.8, 4) is 5.75 Å². The van der Waals surface area contributed by atoms with E-state index in [9.17, 15) is 13.2 Å². The first-order valence-corrected chi connectivity index (χ1v) is 12.1. The molecule has 154 valence electrons. The van der Waals surface area contributed by atoms with E-state index in [0.29, 0.717) is 0 Å². The van der Waals surface area contributed by atoms with Crippen LogP contribution in [0.3, 0.4) is 0 Å². The van der Waals surface area contributed by atoms with E-state index in [4.69, 9.17) is 16.3 Å². The summed E-state index contributed by atoms with van der Waals surface area (Å²) in [5, 5.41) is 4.14. The van der Waals surface area contributed by atoms with Crippen LogP contribution in [0.2, 0.25) is 5.02 Å². The van der Waals surface area contributed by atoms with Crippen molar-refractivity contribution in [1.82, 2.24) is 5.43 Å². The van der Waals surface area contributed by atoms with E-state index in [1.807, 2.05) is 36.0 Å². The minimum Gasteiger partial charge on any atom is -0.489 e. The van der Waals surface area contributed by atoms with Crippen LogP contribution >= 0.6 is 23.4 Å². The Labute approximate surface area is 179 Å². The summed E-state index contributed by atoms with van der Waals surface area (Å²) in [6.07, 6.45) is 2.72. The molecule has 0 spiro atoms. The summed E-state index contributed by atoms with van der Waals surface area (Å²) >= 11 is 7.92. The van der Waals surface area contributed by atoms with Crippen LogP contribution in [-0.4, -0.2) is 50.9 Å². The first-order chi connectivity index (χ1) is 13.8. The standard InChI is InChI=1S/C19H20ClN3O4S2/c1-29(25,26)23(18-8-3-2-7-17(18)20)11-19(24)22-21-10-14-5-4-6-15(9-14)27-16-12-28-13-16/h2-10,16H,11-13H2,1H3,(H,22,24)/b21-10+. The van der Waals surface area contributed by atoms with Crippen molar-refractivity contribution in [2.75, 3.05) is 28.6 Å². The van der Waals surface area contributed by atoms with Gasteiger partial charge in [0.05, 0.1) is 23.2 Å². The van der Waals surface area contributed by atoms with Gasteiger partial charge in [-0.3, -0.25) is 9.10 Å². The molecular formula is C19H20ClN3O4S2. The van der Waals surface area contributed by atoms with Gasteiger partial charge in [0.25, 0.3) is 5.91 Å². The van der Waals surface area contributed by atoms with Gasteiger partial charge in [0.1, 0.15) is 18.4 Å². The molecule has 1 fully saturated rings. The maximum absolute atomic E-state index is 12.2. The number of sulfonamides is 1. The number of ether oxygens (including phenoxy) is 1. The van der Waals surface area contributed by atoms with Gasteiger partial charge in [0.15, 0.2) is 0 Å². The second-order valence-corrected chi connectivity index (χ2v) is 9.75. The summed E-state index contributed by atoms with van der Waals surface area (Å²) in [6, 6.07) is 13.8. The zero-order chi connectivity index (χ0) is 20.9. The fraction of sp³-hybridized carbons (Fsp3) is 0.263. The minimum absolute atomic E-state index is 0.231. The van der Waals surface area contributed by atoms with Gasteiger partial charge in [-0.05, 0) is 29.8 Å². The second-order valence-electron chi connectivity index (χ2n) is 6.36. The number of para-hydroxylation sites is 1. The third-order valence-electron chi connectivity index (χ3n) is 3.98. The highest BCUT2D eigenvalue weighted by molar-refractivity contribution is 8.00. The van der Waals surface area contributed by atoms with Crippen molar-refractivity contribution in [3.63, 3.8) is 0 Å². The van der Waals surface area contributed by atoms with Gasteiger partial charge in [-0.2, -0.15) is 16.9 Å². The molecule has 0 aliphatic carbocycles. The predicted molar refractivity (Wildman–Crippen MR) is 118 cm³/mol. The van der Waals surface area contributed by atoms with Gasteiger partial charge in [0.2, 0.25) is 10.0 Å². The highest BCUT2D eigenvalue weighted by Crippen LogP contribution is 2.27. The summed E-state index contributed by atoms with van der Waals surface area (Å²) in [5.41, 5.74) is 3.32. The number of rotatable bonds is 8. The molecule has 1 aliphatic heterocycles. The number of hydrogen-bond donors (Lipinski definition) is 1. The summed E-state index contributed by atoms with van der Waals surface area (Å²) in [6.45, 7) is -0.442. The molecule has 29 heavy (non-hydrogen) atoms. The number of hydrogen-bond acceptors (Lipinski definition) is 6. The van der Waals surface area contributed by atoms with Crippen molar-refractivity contribution in [2.24, 2.45) is 5.10 Å². The largest absolute Gasteiger partial charge is 0.489 e. The quantitative estimate of drug-likeness (QED) is 0.490. The van der Waals surface area contributed by atoms with Crippen LogP contribution in [-0.2, 0) is 14.8 Å².